The molecule has 0 aromatic carbocycles. The van der Waals surface area contributed by atoms with Crippen molar-refractivity contribution in [3.63, 3.8) is 0 Å². The minimum atomic E-state index is 0.532. The van der Waals surface area contributed by atoms with Crippen LogP contribution in [0.15, 0.2) is 0 Å². The van der Waals surface area contributed by atoms with Gasteiger partial charge < -0.3 is 15.4 Å². The number of likely N-dealkylation sites (N-methyl/N-ethyl adjacent to an activating group) is 2. The highest BCUT2D eigenvalue weighted by Crippen LogP contribution is 1.88. The van der Waals surface area contributed by atoms with Gasteiger partial charge in [-0.2, -0.15) is 0 Å². The van der Waals surface area contributed by atoms with Gasteiger partial charge >= 0.3 is 0 Å². The highest BCUT2D eigenvalue weighted by atomic mass is 16.5. The van der Waals surface area contributed by atoms with Crippen molar-refractivity contribution >= 4 is 0 Å². The van der Waals surface area contributed by atoms with Crippen LogP contribution in [0, 0.1) is 0 Å². The molecule has 1 atom stereocenters. The zero-order valence-corrected chi connectivity index (χ0v) is 7.11. The predicted octanol–water partition coefficient (Wildman–Crippen LogP) is -0.170. The molecule has 0 heterocycles. The van der Waals surface area contributed by atoms with E-state index in [-0.39, 0.29) is 0 Å². The van der Waals surface area contributed by atoms with Crippen molar-refractivity contribution in [1.82, 2.24) is 10.6 Å². The average molecular weight is 146 g/mol. The molecule has 0 aromatic rings. The second kappa shape index (κ2) is 6.99. The summed E-state index contributed by atoms with van der Waals surface area (Å²) in [4.78, 5) is 0. The van der Waals surface area contributed by atoms with Gasteiger partial charge in [0.1, 0.15) is 0 Å². The number of rotatable bonds is 6. The van der Waals surface area contributed by atoms with Crippen LogP contribution in [0.2, 0.25) is 0 Å². The Morgan fingerprint density at radius 1 is 1.40 bits per heavy atom. The van der Waals surface area contributed by atoms with E-state index in [9.17, 15) is 0 Å². The van der Waals surface area contributed by atoms with E-state index in [1.165, 1.54) is 0 Å². The van der Waals surface area contributed by atoms with Gasteiger partial charge in [-0.1, -0.05) is 0 Å². The fourth-order valence-corrected chi connectivity index (χ4v) is 0.855. The molecule has 10 heavy (non-hydrogen) atoms. The highest BCUT2D eigenvalue weighted by molar-refractivity contribution is 4.65. The summed E-state index contributed by atoms with van der Waals surface area (Å²) < 4.78 is 4.95. The van der Waals surface area contributed by atoms with E-state index in [0.717, 1.165) is 19.6 Å². The number of hydrogen-bond donors (Lipinski definition) is 2. The molecule has 62 valence electrons. The Labute approximate surface area is 63.1 Å². The molecule has 3 heteroatoms. The van der Waals surface area contributed by atoms with Crippen LogP contribution >= 0.6 is 0 Å². The quantitative estimate of drug-likeness (QED) is 0.546. The third kappa shape index (κ3) is 4.73. The molecule has 0 aromatic heterocycles. The van der Waals surface area contributed by atoms with E-state index in [1.807, 2.05) is 14.1 Å². The van der Waals surface area contributed by atoms with Crippen LogP contribution in [0.3, 0.4) is 0 Å². The Morgan fingerprint density at radius 2 is 2.10 bits per heavy atom. The maximum atomic E-state index is 4.95. The molecular formula is C7H18N2O. The molecule has 0 aliphatic heterocycles. The van der Waals surface area contributed by atoms with E-state index in [0.29, 0.717) is 6.04 Å². The summed E-state index contributed by atoms with van der Waals surface area (Å²) in [5, 5.41) is 6.30. The second-order valence-electron chi connectivity index (χ2n) is 2.32. The summed E-state index contributed by atoms with van der Waals surface area (Å²) >= 11 is 0. The first-order chi connectivity index (χ1) is 4.85. The van der Waals surface area contributed by atoms with Crippen LogP contribution in [0.1, 0.15) is 6.42 Å². The molecule has 0 bridgehead atoms. The molecule has 0 radical (unpaired) electrons. The molecular weight excluding hydrogens is 128 g/mol. The molecule has 3 nitrogen and oxygen atoms in total. The molecule has 0 aliphatic carbocycles. The monoisotopic (exact) mass is 146 g/mol. The van der Waals surface area contributed by atoms with Gasteiger partial charge in [0.15, 0.2) is 0 Å². The van der Waals surface area contributed by atoms with Crippen molar-refractivity contribution < 1.29 is 4.74 Å². The number of methoxy groups -OCH3 is 1. The lowest BCUT2D eigenvalue weighted by molar-refractivity contribution is 0.183. The van der Waals surface area contributed by atoms with Gasteiger partial charge in [0.2, 0.25) is 0 Å². The van der Waals surface area contributed by atoms with Crippen molar-refractivity contribution in [1.29, 1.82) is 0 Å². The molecule has 0 amide bonds. The fraction of sp³-hybridized carbons (Fsp3) is 1.00. The van der Waals surface area contributed by atoms with Crippen LogP contribution in [0.25, 0.3) is 0 Å². The minimum Gasteiger partial charge on any atom is -0.385 e. The minimum absolute atomic E-state index is 0.532. The number of hydrogen-bond acceptors (Lipinski definition) is 3. The summed E-state index contributed by atoms with van der Waals surface area (Å²) in [6, 6.07) is 0.532. The summed E-state index contributed by atoms with van der Waals surface area (Å²) in [6.07, 6.45) is 1.06. The van der Waals surface area contributed by atoms with Crippen LogP contribution in [0.4, 0.5) is 0 Å². The first kappa shape index (κ1) is 9.88. The van der Waals surface area contributed by atoms with Crippen LogP contribution in [0.5, 0.6) is 0 Å². The summed E-state index contributed by atoms with van der Waals surface area (Å²) in [5.41, 5.74) is 0. The zero-order valence-electron chi connectivity index (χ0n) is 7.11. The average Bonchev–Trinajstić information content (AvgIpc) is 1.98. The van der Waals surface area contributed by atoms with E-state index < -0.39 is 0 Å². The lowest BCUT2D eigenvalue weighted by Crippen LogP contribution is -2.35. The SMILES string of the molecule is CNCC(CCOC)NC. The Morgan fingerprint density at radius 3 is 2.50 bits per heavy atom. The van der Waals surface area contributed by atoms with Crippen LogP contribution in [-0.4, -0.2) is 40.4 Å². The zero-order chi connectivity index (χ0) is 7.82. The Kier molecular flexibility index (Phi) is 6.91. The topological polar surface area (TPSA) is 33.3 Å². The highest BCUT2D eigenvalue weighted by Gasteiger charge is 2.01. The maximum absolute atomic E-state index is 4.95. The van der Waals surface area contributed by atoms with Crippen molar-refractivity contribution in [2.75, 3.05) is 34.4 Å². The molecule has 0 fully saturated rings. The first-order valence-electron chi connectivity index (χ1n) is 3.66. The smallest absolute Gasteiger partial charge is 0.0477 e. The van der Waals surface area contributed by atoms with Crippen molar-refractivity contribution in [2.24, 2.45) is 0 Å². The van der Waals surface area contributed by atoms with E-state index in [1.54, 1.807) is 7.11 Å². The largest absolute Gasteiger partial charge is 0.385 e. The van der Waals surface area contributed by atoms with Crippen molar-refractivity contribution in [3.05, 3.63) is 0 Å². The van der Waals surface area contributed by atoms with Gasteiger partial charge in [-0.3, -0.25) is 0 Å². The van der Waals surface area contributed by atoms with Gasteiger partial charge in [-0.05, 0) is 20.5 Å². The van der Waals surface area contributed by atoms with Crippen molar-refractivity contribution in [2.45, 2.75) is 12.5 Å². The fourth-order valence-electron chi connectivity index (χ4n) is 0.855. The third-order valence-corrected chi connectivity index (χ3v) is 1.53. The molecule has 0 rings (SSSR count). The van der Waals surface area contributed by atoms with E-state index in [4.69, 9.17) is 4.74 Å². The van der Waals surface area contributed by atoms with Gasteiger partial charge in [0.05, 0.1) is 0 Å². The van der Waals surface area contributed by atoms with E-state index >= 15 is 0 Å². The first-order valence-corrected chi connectivity index (χ1v) is 3.66. The molecule has 1 unspecified atom stereocenters. The lowest BCUT2D eigenvalue weighted by atomic mass is 10.2. The van der Waals surface area contributed by atoms with Crippen molar-refractivity contribution in [3.8, 4) is 0 Å². The molecule has 0 spiro atoms. The summed E-state index contributed by atoms with van der Waals surface area (Å²) in [5.74, 6) is 0. The maximum Gasteiger partial charge on any atom is 0.0477 e. The summed E-state index contributed by atoms with van der Waals surface area (Å²) in [6.45, 7) is 1.83. The van der Waals surface area contributed by atoms with Gasteiger partial charge in [-0.25, -0.2) is 0 Å². The summed E-state index contributed by atoms with van der Waals surface area (Å²) in [7, 11) is 5.65. The van der Waals surface area contributed by atoms with E-state index in [2.05, 4.69) is 10.6 Å². The second-order valence-corrected chi connectivity index (χ2v) is 2.32. The molecule has 0 aliphatic rings. The van der Waals surface area contributed by atoms with Gasteiger partial charge in [-0.15, -0.1) is 0 Å². The predicted molar refractivity (Wildman–Crippen MR) is 43.3 cm³/mol. The molecule has 0 saturated heterocycles. The number of nitrogens with one attached hydrogen (secondary N) is 2. The standard InChI is InChI=1S/C7H18N2O/c1-8-6-7(9-2)4-5-10-3/h7-9H,4-6H2,1-3H3. The molecule has 2 N–H and O–H groups in total. The third-order valence-electron chi connectivity index (χ3n) is 1.53. The Balaban J connectivity index is 3.21. The van der Waals surface area contributed by atoms with Gasteiger partial charge in [0, 0.05) is 26.3 Å². The normalized spacial score (nSPS) is 13.5. The van der Waals surface area contributed by atoms with Crippen LogP contribution < -0.4 is 10.6 Å². The number of ether oxygens (including phenoxy) is 1. The Hall–Kier alpha value is -0.120. The molecule has 0 saturated carbocycles. The lowest BCUT2D eigenvalue weighted by Gasteiger charge is -2.14. The van der Waals surface area contributed by atoms with Gasteiger partial charge in [0.25, 0.3) is 0 Å². The Bertz CT molecular complexity index is 68.6. The van der Waals surface area contributed by atoms with Crippen LogP contribution in [-0.2, 0) is 4.74 Å².